The maximum absolute atomic E-state index is 9.42. The summed E-state index contributed by atoms with van der Waals surface area (Å²) in [5.41, 5.74) is 3.84. The van der Waals surface area contributed by atoms with Gasteiger partial charge in [-0.15, -0.1) is 0 Å². The molecule has 100 valence electrons. The molecule has 0 aliphatic rings. The maximum Gasteiger partial charge on any atom is 0.115 e. The Morgan fingerprint density at radius 1 is 1.11 bits per heavy atom. The zero-order valence-corrected chi connectivity index (χ0v) is 11.6. The molecule has 0 aliphatic carbocycles. The van der Waals surface area contributed by atoms with Crippen LogP contribution in [0.5, 0.6) is 5.75 Å². The van der Waals surface area contributed by atoms with Gasteiger partial charge >= 0.3 is 0 Å². The summed E-state index contributed by atoms with van der Waals surface area (Å²) in [4.78, 5) is 0. The lowest BCUT2D eigenvalue weighted by molar-refractivity contribution is 0.473. The van der Waals surface area contributed by atoms with Crippen LogP contribution in [0.1, 0.15) is 23.6 Å². The molecule has 0 heterocycles. The average Bonchev–Trinajstić information content (AvgIpc) is 2.39. The van der Waals surface area contributed by atoms with Gasteiger partial charge in [-0.3, -0.25) is 0 Å². The predicted molar refractivity (Wildman–Crippen MR) is 79.3 cm³/mol. The number of nitrogens with one attached hydrogen (secondary N) is 1. The topological polar surface area (TPSA) is 32.3 Å². The number of hydrogen-bond acceptors (Lipinski definition) is 2. The number of phenolic OH excluding ortho intramolecular Hbond substituents is 1. The lowest BCUT2D eigenvalue weighted by Gasteiger charge is -2.15. The quantitative estimate of drug-likeness (QED) is 0.858. The second kappa shape index (κ2) is 6.39. The molecule has 2 rings (SSSR count). The molecule has 2 N–H and O–H groups in total. The molecule has 1 atom stereocenters. The Labute approximate surface area is 115 Å². The van der Waals surface area contributed by atoms with E-state index in [0.717, 1.165) is 18.5 Å². The third-order valence-electron chi connectivity index (χ3n) is 3.35. The number of benzene rings is 2. The zero-order valence-electron chi connectivity index (χ0n) is 11.6. The van der Waals surface area contributed by atoms with Crippen molar-refractivity contribution in [2.75, 3.05) is 0 Å². The minimum absolute atomic E-state index is 0.325. The first-order chi connectivity index (χ1) is 9.15. The van der Waals surface area contributed by atoms with Crippen LogP contribution in [0, 0.1) is 6.92 Å². The van der Waals surface area contributed by atoms with Crippen LogP contribution >= 0.6 is 0 Å². The van der Waals surface area contributed by atoms with Gasteiger partial charge < -0.3 is 10.4 Å². The van der Waals surface area contributed by atoms with Gasteiger partial charge in [0.05, 0.1) is 0 Å². The SMILES string of the molecule is Cc1ccccc1CC(C)NCc1cccc(O)c1. The number of rotatable bonds is 5. The van der Waals surface area contributed by atoms with Gasteiger partial charge in [-0.2, -0.15) is 0 Å². The number of phenols is 1. The second-order valence-corrected chi connectivity index (χ2v) is 5.08. The minimum atomic E-state index is 0.325. The van der Waals surface area contributed by atoms with Gasteiger partial charge in [-0.05, 0) is 49.1 Å². The molecule has 2 nitrogen and oxygen atoms in total. The van der Waals surface area contributed by atoms with Crippen LogP contribution in [-0.4, -0.2) is 11.1 Å². The van der Waals surface area contributed by atoms with Gasteiger partial charge in [0.2, 0.25) is 0 Å². The van der Waals surface area contributed by atoms with Crippen molar-refractivity contribution in [1.29, 1.82) is 0 Å². The van der Waals surface area contributed by atoms with Crippen LogP contribution < -0.4 is 5.32 Å². The van der Waals surface area contributed by atoms with Crippen molar-refractivity contribution in [3.63, 3.8) is 0 Å². The highest BCUT2D eigenvalue weighted by Gasteiger charge is 2.05. The van der Waals surface area contributed by atoms with E-state index < -0.39 is 0 Å². The molecule has 0 aromatic heterocycles. The second-order valence-electron chi connectivity index (χ2n) is 5.08. The molecule has 0 saturated heterocycles. The molecule has 0 bridgehead atoms. The van der Waals surface area contributed by atoms with Crippen molar-refractivity contribution in [1.82, 2.24) is 5.32 Å². The normalized spacial score (nSPS) is 12.3. The Kier molecular flexibility index (Phi) is 4.58. The first kappa shape index (κ1) is 13.6. The monoisotopic (exact) mass is 255 g/mol. The summed E-state index contributed by atoms with van der Waals surface area (Å²) in [6.45, 7) is 5.12. The van der Waals surface area contributed by atoms with Crippen molar-refractivity contribution in [3.8, 4) is 5.75 Å². The maximum atomic E-state index is 9.42. The zero-order chi connectivity index (χ0) is 13.7. The van der Waals surface area contributed by atoms with Gasteiger partial charge in [0.1, 0.15) is 5.75 Å². The van der Waals surface area contributed by atoms with Crippen molar-refractivity contribution in [3.05, 3.63) is 65.2 Å². The Hall–Kier alpha value is -1.80. The number of aromatic hydroxyl groups is 1. The van der Waals surface area contributed by atoms with E-state index in [-0.39, 0.29) is 0 Å². The summed E-state index contributed by atoms with van der Waals surface area (Å²) in [5.74, 6) is 0.325. The van der Waals surface area contributed by atoms with Crippen molar-refractivity contribution in [2.24, 2.45) is 0 Å². The van der Waals surface area contributed by atoms with Gasteiger partial charge in [0, 0.05) is 12.6 Å². The minimum Gasteiger partial charge on any atom is -0.508 e. The molecule has 0 saturated carbocycles. The van der Waals surface area contributed by atoms with Crippen LogP contribution in [0.25, 0.3) is 0 Å². The van der Waals surface area contributed by atoms with E-state index in [1.165, 1.54) is 11.1 Å². The van der Waals surface area contributed by atoms with Crippen LogP contribution in [0.3, 0.4) is 0 Å². The smallest absolute Gasteiger partial charge is 0.115 e. The van der Waals surface area contributed by atoms with E-state index in [1.54, 1.807) is 12.1 Å². The van der Waals surface area contributed by atoms with Gasteiger partial charge in [0.25, 0.3) is 0 Å². The fourth-order valence-corrected chi connectivity index (χ4v) is 2.20. The van der Waals surface area contributed by atoms with Crippen molar-refractivity contribution in [2.45, 2.75) is 32.9 Å². The molecule has 2 heteroatoms. The van der Waals surface area contributed by atoms with Gasteiger partial charge in [-0.1, -0.05) is 36.4 Å². The molecular formula is C17H21NO. The number of hydrogen-bond donors (Lipinski definition) is 2. The van der Waals surface area contributed by atoms with Crippen molar-refractivity contribution < 1.29 is 5.11 Å². The third kappa shape index (κ3) is 4.11. The third-order valence-corrected chi connectivity index (χ3v) is 3.35. The highest BCUT2D eigenvalue weighted by molar-refractivity contribution is 5.28. The van der Waals surface area contributed by atoms with E-state index >= 15 is 0 Å². The molecule has 0 amide bonds. The first-order valence-electron chi connectivity index (χ1n) is 6.71. The number of aryl methyl sites for hydroxylation is 1. The summed E-state index contributed by atoms with van der Waals surface area (Å²) in [6, 6.07) is 16.3. The summed E-state index contributed by atoms with van der Waals surface area (Å²) < 4.78 is 0. The molecule has 0 spiro atoms. The summed E-state index contributed by atoms with van der Waals surface area (Å²) >= 11 is 0. The van der Waals surface area contributed by atoms with Crippen LogP contribution in [0.2, 0.25) is 0 Å². The van der Waals surface area contributed by atoms with Gasteiger partial charge in [-0.25, -0.2) is 0 Å². The van der Waals surface area contributed by atoms with Crippen LogP contribution in [0.15, 0.2) is 48.5 Å². The predicted octanol–water partition coefficient (Wildman–Crippen LogP) is 3.42. The summed E-state index contributed by atoms with van der Waals surface area (Å²) in [5, 5.41) is 12.9. The fraction of sp³-hybridized carbons (Fsp3) is 0.294. The molecule has 0 radical (unpaired) electrons. The van der Waals surface area contributed by atoms with E-state index in [1.807, 2.05) is 12.1 Å². The van der Waals surface area contributed by atoms with Crippen LogP contribution in [0.4, 0.5) is 0 Å². The largest absolute Gasteiger partial charge is 0.508 e. The van der Waals surface area contributed by atoms with Crippen molar-refractivity contribution >= 4 is 0 Å². The molecule has 0 aliphatic heterocycles. The molecule has 2 aromatic carbocycles. The fourth-order valence-electron chi connectivity index (χ4n) is 2.20. The Balaban J connectivity index is 1.88. The highest BCUT2D eigenvalue weighted by atomic mass is 16.3. The Morgan fingerprint density at radius 2 is 1.89 bits per heavy atom. The molecule has 19 heavy (non-hydrogen) atoms. The lowest BCUT2D eigenvalue weighted by atomic mass is 10.0. The van der Waals surface area contributed by atoms with E-state index in [9.17, 15) is 5.11 Å². The molecule has 0 fully saturated rings. The van der Waals surface area contributed by atoms with E-state index in [2.05, 4.69) is 43.4 Å². The lowest BCUT2D eigenvalue weighted by Crippen LogP contribution is -2.27. The summed E-state index contributed by atoms with van der Waals surface area (Å²) in [7, 11) is 0. The first-order valence-corrected chi connectivity index (χ1v) is 6.71. The van der Waals surface area contributed by atoms with E-state index in [4.69, 9.17) is 0 Å². The summed E-state index contributed by atoms with van der Waals surface area (Å²) in [6.07, 6.45) is 1.02. The highest BCUT2D eigenvalue weighted by Crippen LogP contribution is 2.12. The Morgan fingerprint density at radius 3 is 2.63 bits per heavy atom. The molecule has 2 aromatic rings. The van der Waals surface area contributed by atoms with Crippen LogP contribution in [-0.2, 0) is 13.0 Å². The van der Waals surface area contributed by atoms with Gasteiger partial charge in [0.15, 0.2) is 0 Å². The molecule has 1 unspecified atom stereocenters. The van der Waals surface area contributed by atoms with E-state index in [0.29, 0.717) is 11.8 Å². The standard InChI is InChI=1S/C17H21NO/c1-13-6-3-4-8-16(13)10-14(2)18-12-15-7-5-9-17(19)11-15/h3-9,11,14,18-19H,10,12H2,1-2H3. The average molecular weight is 255 g/mol. The molecular weight excluding hydrogens is 234 g/mol. The Bertz CT molecular complexity index is 536.